The van der Waals surface area contributed by atoms with Gasteiger partial charge in [0, 0.05) is 11.1 Å². The number of nitrogens with one attached hydrogen (secondary N) is 1. The molecule has 2 atom stereocenters. The summed E-state index contributed by atoms with van der Waals surface area (Å²) in [6.07, 6.45) is -0.585. The van der Waals surface area contributed by atoms with Gasteiger partial charge in [-0.15, -0.1) is 0 Å². The summed E-state index contributed by atoms with van der Waals surface area (Å²) in [6, 6.07) is 15.0. The number of benzene rings is 2. The number of ketones is 1. The van der Waals surface area contributed by atoms with E-state index in [4.69, 9.17) is 9.47 Å². The minimum absolute atomic E-state index is 0.00414. The van der Waals surface area contributed by atoms with Gasteiger partial charge in [0.15, 0.2) is 5.78 Å². The molecule has 2 N–H and O–H groups in total. The van der Waals surface area contributed by atoms with Gasteiger partial charge >= 0.3 is 0 Å². The summed E-state index contributed by atoms with van der Waals surface area (Å²) in [6.45, 7) is 5.72. The Bertz CT molecular complexity index is 699. The van der Waals surface area contributed by atoms with Gasteiger partial charge in [0.05, 0.1) is 13.7 Å². The predicted octanol–water partition coefficient (Wildman–Crippen LogP) is 1.74. The minimum atomic E-state index is -0.585. The van der Waals surface area contributed by atoms with E-state index < -0.39 is 6.10 Å². The Morgan fingerprint density at radius 3 is 2.50 bits per heavy atom. The van der Waals surface area contributed by atoms with Gasteiger partial charge in [0.1, 0.15) is 37.3 Å². The molecule has 0 heterocycles. The van der Waals surface area contributed by atoms with Crippen LogP contribution in [-0.4, -0.2) is 43.8 Å². The molecule has 26 heavy (non-hydrogen) atoms. The van der Waals surface area contributed by atoms with E-state index in [9.17, 15) is 9.90 Å². The van der Waals surface area contributed by atoms with Gasteiger partial charge in [0.2, 0.25) is 0 Å². The largest absolute Gasteiger partial charge is 0.494 e. The van der Waals surface area contributed by atoms with Crippen LogP contribution in [0.4, 0.5) is 0 Å². The number of carbonyl (C=O) groups is 1. The molecule has 0 aliphatic rings. The summed E-state index contributed by atoms with van der Waals surface area (Å²) in [5, 5.41) is 10.2. The second-order valence-electron chi connectivity index (χ2n) is 6.46. The van der Waals surface area contributed by atoms with Crippen molar-refractivity contribution in [2.75, 3.05) is 26.8 Å². The Labute approximate surface area is 155 Å². The Kier molecular flexibility index (Phi) is 7.63. The first-order valence-corrected chi connectivity index (χ1v) is 8.92. The van der Waals surface area contributed by atoms with Gasteiger partial charge in [-0.1, -0.05) is 12.1 Å². The summed E-state index contributed by atoms with van der Waals surface area (Å²) in [4.78, 5) is 12.6. The van der Waals surface area contributed by atoms with Gasteiger partial charge in [-0.25, -0.2) is 0 Å². The van der Waals surface area contributed by atoms with Crippen LogP contribution in [0, 0.1) is 0 Å². The quantitative estimate of drug-likeness (QED) is 0.635. The molecular weight excluding hydrogens is 330 g/mol. The zero-order valence-electron chi connectivity index (χ0n) is 15.7. The van der Waals surface area contributed by atoms with Gasteiger partial charge in [-0.05, 0) is 50.2 Å². The molecule has 2 aromatic carbocycles. The fourth-order valence-electron chi connectivity index (χ4n) is 2.75. The zero-order valence-corrected chi connectivity index (χ0v) is 15.7. The van der Waals surface area contributed by atoms with E-state index in [1.165, 1.54) is 17.4 Å². The molecule has 0 aromatic heterocycles. The van der Waals surface area contributed by atoms with E-state index in [0.717, 1.165) is 12.3 Å². The van der Waals surface area contributed by atoms with Crippen molar-refractivity contribution in [1.82, 2.24) is 0 Å². The number of carbonyl (C=O) groups excluding carboxylic acids is 1. The van der Waals surface area contributed by atoms with Crippen LogP contribution in [0.15, 0.2) is 48.5 Å². The van der Waals surface area contributed by atoms with Crippen molar-refractivity contribution in [3.05, 3.63) is 59.7 Å². The maximum absolute atomic E-state index is 11.4. The molecular formula is C21H28NO4+. The maximum Gasteiger partial charge on any atom is 0.159 e. The Morgan fingerprint density at radius 2 is 1.85 bits per heavy atom. The van der Waals surface area contributed by atoms with Crippen LogP contribution in [0.3, 0.4) is 0 Å². The number of likely N-dealkylation sites (N-methyl/N-ethyl adjacent to an activating group) is 1. The lowest BCUT2D eigenvalue weighted by atomic mass is 10.1. The number of ether oxygens (including phenoxy) is 2. The molecule has 140 valence electrons. The summed E-state index contributed by atoms with van der Waals surface area (Å²) in [7, 11) is 2.04. The van der Waals surface area contributed by atoms with E-state index in [1.54, 1.807) is 24.3 Å². The molecule has 5 nitrogen and oxygen atoms in total. The number of aliphatic hydroxyl groups is 1. The van der Waals surface area contributed by atoms with Gasteiger partial charge in [0.25, 0.3) is 0 Å². The van der Waals surface area contributed by atoms with E-state index in [2.05, 4.69) is 0 Å². The highest BCUT2D eigenvalue weighted by Gasteiger charge is 2.13. The Hall–Kier alpha value is -2.37. The van der Waals surface area contributed by atoms with Gasteiger partial charge in [-0.3, -0.25) is 4.79 Å². The van der Waals surface area contributed by atoms with Crippen LogP contribution in [0.25, 0.3) is 0 Å². The van der Waals surface area contributed by atoms with E-state index in [1.807, 2.05) is 38.2 Å². The second-order valence-corrected chi connectivity index (χ2v) is 6.46. The lowest BCUT2D eigenvalue weighted by molar-refractivity contribution is -0.897. The minimum Gasteiger partial charge on any atom is -0.494 e. The fraction of sp³-hybridized carbons (Fsp3) is 0.381. The zero-order chi connectivity index (χ0) is 18.9. The van der Waals surface area contributed by atoms with Crippen molar-refractivity contribution in [2.45, 2.75) is 26.5 Å². The predicted molar refractivity (Wildman–Crippen MR) is 101 cm³/mol. The highest BCUT2D eigenvalue weighted by molar-refractivity contribution is 5.94. The third-order valence-electron chi connectivity index (χ3n) is 4.01. The molecule has 2 aromatic rings. The molecule has 0 aliphatic heterocycles. The first-order valence-electron chi connectivity index (χ1n) is 8.92. The van der Waals surface area contributed by atoms with Crippen LogP contribution in [0.2, 0.25) is 0 Å². The average Bonchev–Trinajstić information content (AvgIpc) is 2.62. The van der Waals surface area contributed by atoms with Crippen LogP contribution in [-0.2, 0) is 6.54 Å². The van der Waals surface area contributed by atoms with Crippen molar-refractivity contribution < 1.29 is 24.3 Å². The van der Waals surface area contributed by atoms with E-state index in [0.29, 0.717) is 24.5 Å². The van der Waals surface area contributed by atoms with E-state index >= 15 is 0 Å². The van der Waals surface area contributed by atoms with Crippen molar-refractivity contribution in [3.63, 3.8) is 0 Å². The third kappa shape index (κ3) is 6.50. The molecule has 2 rings (SSSR count). The normalized spacial score (nSPS) is 13.1. The summed E-state index contributed by atoms with van der Waals surface area (Å²) < 4.78 is 11.1. The lowest BCUT2D eigenvalue weighted by Crippen LogP contribution is -3.09. The number of aliphatic hydroxyl groups excluding tert-OH is 1. The summed E-state index contributed by atoms with van der Waals surface area (Å²) in [5.41, 5.74) is 1.79. The smallest absolute Gasteiger partial charge is 0.159 e. The van der Waals surface area contributed by atoms with Crippen LogP contribution in [0.5, 0.6) is 11.5 Å². The summed E-state index contributed by atoms with van der Waals surface area (Å²) >= 11 is 0. The average molecular weight is 358 g/mol. The highest BCUT2D eigenvalue weighted by Crippen LogP contribution is 2.14. The number of Topliss-reactive ketones (excluding diaryl/α,β-unsaturated/α-hetero) is 1. The number of quaternary nitrogens is 1. The molecule has 0 amide bonds. The number of hydrogen-bond acceptors (Lipinski definition) is 4. The van der Waals surface area contributed by atoms with Crippen LogP contribution < -0.4 is 14.4 Å². The first-order chi connectivity index (χ1) is 12.5. The monoisotopic (exact) mass is 358 g/mol. The molecule has 0 aliphatic carbocycles. The number of rotatable bonds is 10. The van der Waals surface area contributed by atoms with E-state index in [-0.39, 0.29) is 12.4 Å². The van der Waals surface area contributed by atoms with Crippen LogP contribution in [0.1, 0.15) is 29.8 Å². The summed E-state index contributed by atoms with van der Waals surface area (Å²) in [5.74, 6) is 1.46. The highest BCUT2D eigenvalue weighted by atomic mass is 16.5. The Morgan fingerprint density at radius 1 is 1.12 bits per heavy atom. The lowest BCUT2D eigenvalue weighted by Gasteiger charge is -2.18. The fourth-order valence-corrected chi connectivity index (χ4v) is 2.75. The molecule has 1 unspecified atom stereocenters. The molecule has 0 radical (unpaired) electrons. The van der Waals surface area contributed by atoms with Crippen molar-refractivity contribution in [2.24, 2.45) is 0 Å². The third-order valence-corrected chi connectivity index (χ3v) is 4.01. The van der Waals surface area contributed by atoms with Gasteiger partial charge < -0.3 is 19.5 Å². The molecule has 0 saturated carbocycles. The topological polar surface area (TPSA) is 60.2 Å². The first kappa shape index (κ1) is 19.9. The molecule has 0 saturated heterocycles. The molecule has 0 spiro atoms. The molecule has 5 heteroatoms. The standard InChI is InChI=1S/C21H27NO4/c1-4-25-20-10-8-17(9-11-20)13-22(3)14-19(24)15-26-21-7-5-6-18(12-21)16(2)23/h5-12,19,24H,4,13-15H2,1-3H3/p+1/t19-/m1/s1. The molecule has 0 bridgehead atoms. The van der Waals surface area contributed by atoms with Crippen LogP contribution >= 0.6 is 0 Å². The maximum atomic E-state index is 11.4. The molecule has 0 fully saturated rings. The Balaban J connectivity index is 1.78. The van der Waals surface area contributed by atoms with Crippen molar-refractivity contribution in [3.8, 4) is 11.5 Å². The van der Waals surface area contributed by atoms with Crippen molar-refractivity contribution in [1.29, 1.82) is 0 Å². The number of hydrogen-bond donors (Lipinski definition) is 2. The van der Waals surface area contributed by atoms with Gasteiger partial charge in [-0.2, -0.15) is 0 Å². The van der Waals surface area contributed by atoms with Crippen molar-refractivity contribution >= 4 is 5.78 Å². The SMILES string of the molecule is CCOc1ccc(C[NH+](C)C[C@@H](O)COc2cccc(C(C)=O)c2)cc1. The second kappa shape index (κ2) is 9.94.